The minimum absolute atomic E-state index is 1.17. The summed E-state index contributed by atoms with van der Waals surface area (Å²) in [4.78, 5) is 0. The molecule has 0 aliphatic heterocycles. The molecule has 0 amide bonds. The molecule has 3 heteroatoms. The fourth-order valence-corrected chi connectivity index (χ4v) is 4.12. The van der Waals surface area contributed by atoms with Gasteiger partial charge in [0.2, 0.25) is 6.33 Å². The van der Waals surface area contributed by atoms with E-state index < -0.39 is 0 Å². The summed E-state index contributed by atoms with van der Waals surface area (Å²) in [5.41, 5.74) is 0. The van der Waals surface area contributed by atoms with E-state index >= 15 is 0 Å². The molecule has 0 aliphatic carbocycles. The quantitative estimate of drug-likeness (QED) is 0.241. The van der Waals surface area contributed by atoms with E-state index in [-0.39, 0.29) is 0 Å². The number of unbranched alkanes of at least 4 members (excludes halogenated alkanes) is 11. The lowest BCUT2D eigenvalue weighted by Gasteiger charge is -2.03. The lowest BCUT2D eigenvalue weighted by atomic mass is 10.1. The van der Waals surface area contributed by atoms with Gasteiger partial charge >= 0.3 is 0 Å². The molecular weight excluding hydrogens is 312 g/mol. The zero-order valence-corrected chi connectivity index (χ0v) is 17.2. The summed E-state index contributed by atoms with van der Waals surface area (Å²) in [5.74, 6) is 2.74. The van der Waals surface area contributed by atoms with Crippen LogP contribution < -0.4 is 4.57 Å². The molecule has 1 aromatic rings. The van der Waals surface area contributed by atoms with Crippen LogP contribution in [0, 0.1) is 0 Å². The first-order valence-electron chi connectivity index (χ1n) is 10.4. The van der Waals surface area contributed by atoms with Gasteiger partial charge in [-0.1, -0.05) is 64.7 Å². The van der Waals surface area contributed by atoms with Crippen molar-refractivity contribution >= 4 is 11.8 Å². The first-order chi connectivity index (χ1) is 11.8. The fourth-order valence-electron chi connectivity index (χ4n) is 3.10. The summed E-state index contributed by atoms with van der Waals surface area (Å²) in [6.07, 6.45) is 25.0. The zero-order chi connectivity index (χ0) is 17.3. The third kappa shape index (κ3) is 12.9. The summed E-state index contributed by atoms with van der Waals surface area (Å²) in [7, 11) is 2.08. The molecule has 1 rings (SSSR count). The second kappa shape index (κ2) is 16.1. The van der Waals surface area contributed by atoms with Crippen LogP contribution in [-0.2, 0) is 13.6 Å². The van der Waals surface area contributed by atoms with Crippen molar-refractivity contribution in [1.29, 1.82) is 0 Å². The number of hydrogen-bond donors (Lipinski definition) is 0. The average molecular weight is 354 g/mol. The Morgan fingerprint density at radius 1 is 0.750 bits per heavy atom. The average Bonchev–Trinajstić information content (AvgIpc) is 3.00. The maximum atomic E-state index is 2.29. The molecule has 0 fully saturated rings. The van der Waals surface area contributed by atoms with E-state index in [1.807, 2.05) is 0 Å². The number of rotatable bonds is 17. The zero-order valence-electron chi connectivity index (χ0n) is 16.3. The lowest BCUT2D eigenvalue weighted by molar-refractivity contribution is -0.671. The van der Waals surface area contributed by atoms with Gasteiger partial charge < -0.3 is 0 Å². The van der Waals surface area contributed by atoms with E-state index in [1.165, 1.54) is 102 Å². The van der Waals surface area contributed by atoms with Crippen molar-refractivity contribution in [2.75, 3.05) is 11.5 Å². The van der Waals surface area contributed by atoms with E-state index in [2.05, 4.69) is 53.6 Å². The van der Waals surface area contributed by atoms with Crippen LogP contribution >= 0.6 is 11.8 Å². The SMILES string of the molecule is CCCCCCCCCCCCSCCCCCn1cc[n+](C)c1. The largest absolute Gasteiger partial charge is 0.243 e. The molecular formula is C21H41N2S+. The van der Waals surface area contributed by atoms with Gasteiger partial charge in [-0.2, -0.15) is 11.8 Å². The molecule has 0 N–H and O–H groups in total. The molecule has 1 aromatic heterocycles. The predicted octanol–water partition coefficient (Wildman–Crippen LogP) is 6.14. The minimum Gasteiger partial charge on any atom is -0.240 e. The number of imidazole rings is 1. The molecule has 0 saturated carbocycles. The number of nitrogens with zero attached hydrogens (tertiary/aromatic N) is 2. The van der Waals surface area contributed by atoms with Gasteiger partial charge in [0.25, 0.3) is 0 Å². The van der Waals surface area contributed by atoms with Gasteiger partial charge in [-0.25, -0.2) is 9.13 Å². The first kappa shape index (κ1) is 21.6. The Bertz CT molecular complexity index is 376. The third-order valence-electron chi connectivity index (χ3n) is 4.67. The third-order valence-corrected chi connectivity index (χ3v) is 5.83. The van der Waals surface area contributed by atoms with Crippen molar-refractivity contribution in [2.24, 2.45) is 7.05 Å². The standard InChI is InChI=1S/C21H41N2S/c1-3-4-5-6-7-8-9-10-11-14-19-24-20-15-12-13-16-23-18-17-22(2)21-23/h17-18,21H,3-16,19-20H2,1-2H3/q+1. The Morgan fingerprint density at radius 2 is 1.29 bits per heavy atom. The van der Waals surface area contributed by atoms with Gasteiger partial charge in [0, 0.05) is 0 Å². The van der Waals surface area contributed by atoms with Crippen molar-refractivity contribution in [3.8, 4) is 0 Å². The van der Waals surface area contributed by atoms with E-state index in [0.29, 0.717) is 0 Å². The highest BCUT2D eigenvalue weighted by Gasteiger charge is 1.99. The summed E-state index contributed by atoms with van der Waals surface area (Å²) in [5, 5.41) is 0. The molecule has 0 saturated heterocycles. The Morgan fingerprint density at radius 3 is 1.83 bits per heavy atom. The number of aryl methyl sites for hydroxylation is 2. The molecule has 0 unspecified atom stereocenters. The second-order valence-electron chi connectivity index (χ2n) is 7.17. The van der Waals surface area contributed by atoms with Gasteiger partial charge in [0.15, 0.2) is 0 Å². The molecule has 0 spiro atoms. The Balaban J connectivity index is 1.70. The van der Waals surface area contributed by atoms with Crippen LogP contribution in [0.15, 0.2) is 18.7 Å². The first-order valence-corrected chi connectivity index (χ1v) is 11.6. The van der Waals surface area contributed by atoms with Crippen molar-refractivity contribution in [3.63, 3.8) is 0 Å². The Labute approximate surface area is 155 Å². The van der Waals surface area contributed by atoms with Crippen LogP contribution in [0.3, 0.4) is 0 Å². The number of hydrogen-bond acceptors (Lipinski definition) is 1. The minimum atomic E-state index is 1.17. The van der Waals surface area contributed by atoms with Crippen LogP contribution in [-0.4, -0.2) is 16.1 Å². The van der Waals surface area contributed by atoms with Crippen molar-refractivity contribution in [1.82, 2.24) is 4.57 Å². The summed E-state index contributed by atoms with van der Waals surface area (Å²) in [6, 6.07) is 0. The topological polar surface area (TPSA) is 8.81 Å². The predicted molar refractivity (Wildman–Crippen MR) is 109 cm³/mol. The van der Waals surface area contributed by atoms with Crippen LogP contribution in [0.2, 0.25) is 0 Å². The number of thioether (sulfide) groups is 1. The number of aromatic nitrogens is 2. The van der Waals surface area contributed by atoms with Gasteiger partial charge in [-0.15, -0.1) is 0 Å². The van der Waals surface area contributed by atoms with Gasteiger partial charge in [0.1, 0.15) is 12.4 Å². The molecule has 0 aliphatic rings. The van der Waals surface area contributed by atoms with Crippen LogP contribution in [0.4, 0.5) is 0 Å². The van der Waals surface area contributed by atoms with E-state index in [1.54, 1.807) is 0 Å². The second-order valence-corrected chi connectivity index (χ2v) is 8.40. The van der Waals surface area contributed by atoms with Gasteiger partial charge in [0.05, 0.1) is 13.6 Å². The highest BCUT2D eigenvalue weighted by molar-refractivity contribution is 7.99. The normalized spacial score (nSPS) is 11.2. The van der Waals surface area contributed by atoms with Gasteiger partial charge in [-0.05, 0) is 37.2 Å². The molecule has 140 valence electrons. The molecule has 24 heavy (non-hydrogen) atoms. The summed E-state index contributed by atoms with van der Waals surface area (Å²) < 4.78 is 4.40. The Kier molecular flexibility index (Phi) is 14.4. The lowest BCUT2D eigenvalue weighted by Crippen LogP contribution is -2.23. The Hall–Kier alpha value is -0.440. The summed E-state index contributed by atoms with van der Waals surface area (Å²) in [6.45, 7) is 3.46. The van der Waals surface area contributed by atoms with Gasteiger partial charge in [-0.3, -0.25) is 0 Å². The monoisotopic (exact) mass is 353 g/mol. The van der Waals surface area contributed by atoms with Crippen LogP contribution in [0.1, 0.15) is 90.4 Å². The summed E-state index contributed by atoms with van der Waals surface area (Å²) >= 11 is 2.17. The highest BCUT2D eigenvalue weighted by Crippen LogP contribution is 2.13. The van der Waals surface area contributed by atoms with Crippen molar-refractivity contribution in [3.05, 3.63) is 18.7 Å². The van der Waals surface area contributed by atoms with E-state index in [4.69, 9.17) is 0 Å². The van der Waals surface area contributed by atoms with Crippen LogP contribution in [0.5, 0.6) is 0 Å². The van der Waals surface area contributed by atoms with Crippen molar-refractivity contribution in [2.45, 2.75) is 96.9 Å². The van der Waals surface area contributed by atoms with E-state index in [9.17, 15) is 0 Å². The highest BCUT2D eigenvalue weighted by atomic mass is 32.2. The van der Waals surface area contributed by atoms with Crippen LogP contribution in [0.25, 0.3) is 0 Å². The van der Waals surface area contributed by atoms with E-state index in [0.717, 1.165) is 0 Å². The molecule has 0 aromatic carbocycles. The smallest absolute Gasteiger partial charge is 0.240 e. The van der Waals surface area contributed by atoms with Crippen molar-refractivity contribution < 1.29 is 4.57 Å². The molecule has 1 heterocycles. The molecule has 0 bridgehead atoms. The maximum absolute atomic E-state index is 2.29. The molecule has 2 nitrogen and oxygen atoms in total. The molecule has 0 atom stereocenters. The maximum Gasteiger partial charge on any atom is 0.243 e. The molecule has 0 radical (unpaired) electrons. The fraction of sp³-hybridized carbons (Fsp3) is 0.857.